The molecule has 0 aromatic carbocycles. The maximum Gasteiger partial charge on any atom is 0.0737 e. The Morgan fingerprint density at radius 1 is 1.29 bits per heavy atom. The zero-order valence-corrected chi connectivity index (χ0v) is 9.19. The van der Waals surface area contributed by atoms with E-state index in [1.807, 2.05) is 0 Å². The van der Waals surface area contributed by atoms with E-state index in [0.717, 1.165) is 6.54 Å². The molecule has 0 bridgehead atoms. The summed E-state index contributed by atoms with van der Waals surface area (Å²) in [6.45, 7) is 3.19. The van der Waals surface area contributed by atoms with Gasteiger partial charge in [-0.2, -0.15) is 0 Å². The SMILES string of the molecule is CCC[NH3+].[I-].[I-].[NH4+]. The lowest BCUT2D eigenvalue weighted by Gasteiger charge is -1.66. The lowest BCUT2D eigenvalue weighted by molar-refractivity contribution is -0.367. The highest BCUT2D eigenvalue weighted by atomic mass is 127. The van der Waals surface area contributed by atoms with Crippen molar-refractivity contribution in [2.75, 3.05) is 6.54 Å². The van der Waals surface area contributed by atoms with E-state index in [9.17, 15) is 0 Å². The molecule has 0 aliphatic heterocycles. The Hall–Kier alpha value is 1.38. The summed E-state index contributed by atoms with van der Waals surface area (Å²) >= 11 is 0. The lowest BCUT2D eigenvalue weighted by atomic mass is 10.5. The van der Waals surface area contributed by atoms with Gasteiger partial charge in [-0.1, -0.05) is 6.92 Å². The standard InChI is InChI=1S/C3H9N.2HI.H3N/c1-2-3-4;;;/h2-4H2,1H3;2*1H;1H3. The Kier molecular flexibility index (Phi) is 89.4. The van der Waals surface area contributed by atoms with Crippen molar-refractivity contribution in [3.63, 3.8) is 0 Å². The van der Waals surface area contributed by atoms with Crippen molar-refractivity contribution >= 4 is 0 Å². The van der Waals surface area contributed by atoms with E-state index in [-0.39, 0.29) is 54.1 Å². The van der Waals surface area contributed by atoms with Crippen LogP contribution in [0.1, 0.15) is 13.3 Å². The van der Waals surface area contributed by atoms with Gasteiger partial charge in [0.05, 0.1) is 6.54 Å². The molecule has 0 unspecified atom stereocenters. The van der Waals surface area contributed by atoms with Gasteiger partial charge in [-0.05, 0) is 6.42 Å². The van der Waals surface area contributed by atoms with Crippen LogP contribution in [0.3, 0.4) is 0 Å². The fourth-order valence-corrected chi connectivity index (χ4v) is 0. The molecular formula is C3H14I2N2. The molecule has 7 N–H and O–H groups in total. The molecule has 0 atom stereocenters. The van der Waals surface area contributed by atoms with E-state index >= 15 is 0 Å². The van der Waals surface area contributed by atoms with Crippen LogP contribution in [0.2, 0.25) is 0 Å². The van der Waals surface area contributed by atoms with Crippen molar-refractivity contribution in [2.45, 2.75) is 13.3 Å². The van der Waals surface area contributed by atoms with Gasteiger partial charge in [-0.3, -0.25) is 0 Å². The van der Waals surface area contributed by atoms with Crippen molar-refractivity contribution in [1.82, 2.24) is 6.15 Å². The van der Waals surface area contributed by atoms with Gasteiger partial charge in [-0.25, -0.2) is 0 Å². The number of rotatable bonds is 1. The van der Waals surface area contributed by atoms with E-state index in [0.29, 0.717) is 0 Å². The van der Waals surface area contributed by atoms with Gasteiger partial charge in [0.2, 0.25) is 0 Å². The van der Waals surface area contributed by atoms with Crippen LogP contribution in [-0.2, 0) is 0 Å². The number of halogens is 2. The first-order chi connectivity index (χ1) is 1.91. The van der Waals surface area contributed by atoms with E-state index < -0.39 is 0 Å². The molecular weight excluding hydrogens is 318 g/mol. The maximum atomic E-state index is 3.60. The molecule has 0 fully saturated rings. The van der Waals surface area contributed by atoms with Gasteiger partial charge in [0.25, 0.3) is 0 Å². The monoisotopic (exact) mass is 332 g/mol. The largest absolute Gasteiger partial charge is 1.00 e. The first kappa shape index (κ1) is 23.8. The van der Waals surface area contributed by atoms with Gasteiger partial charge >= 0.3 is 0 Å². The summed E-state index contributed by atoms with van der Waals surface area (Å²) in [6.07, 6.45) is 1.21. The first-order valence-electron chi connectivity index (χ1n) is 1.71. The molecule has 50 valence electrons. The van der Waals surface area contributed by atoms with Crippen LogP contribution in [0.25, 0.3) is 0 Å². The molecule has 0 aromatic heterocycles. The molecule has 0 saturated carbocycles. The Balaban J connectivity index is -0.0000000150. The third-order valence-electron chi connectivity index (χ3n) is 0.354. The smallest absolute Gasteiger partial charge is 0.0737 e. The van der Waals surface area contributed by atoms with Crippen molar-refractivity contribution in [1.29, 1.82) is 0 Å². The van der Waals surface area contributed by atoms with E-state index in [2.05, 4.69) is 12.7 Å². The molecule has 0 aromatic rings. The van der Waals surface area contributed by atoms with Gasteiger partial charge in [0.1, 0.15) is 0 Å². The average Bonchev–Trinajstić information content (AvgIpc) is 1.37. The molecule has 0 aliphatic carbocycles. The van der Waals surface area contributed by atoms with Crippen LogP contribution in [0.15, 0.2) is 0 Å². The Morgan fingerprint density at radius 2 is 1.43 bits per heavy atom. The minimum atomic E-state index is 0. The molecule has 0 radical (unpaired) electrons. The number of hydrogen-bond acceptors (Lipinski definition) is 0. The highest BCUT2D eigenvalue weighted by molar-refractivity contribution is 4.07. The van der Waals surface area contributed by atoms with Gasteiger partial charge in [0, 0.05) is 0 Å². The quantitative estimate of drug-likeness (QED) is 0.450. The Labute approximate surface area is 79.2 Å². The normalized spacial score (nSPS) is 4.29. The molecule has 7 heavy (non-hydrogen) atoms. The molecule has 0 spiro atoms. The molecule has 0 amide bonds. The van der Waals surface area contributed by atoms with Crippen molar-refractivity contribution in [3.05, 3.63) is 0 Å². The van der Waals surface area contributed by atoms with Crippen molar-refractivity contribution in [3.8, 4) is 0 Å². The molecule has 0 aliphatic rings. The highest BCUT2D eigenvalue weighted by Gasteiger charge is 1.59. The fraction of sp³-hybridized carbons (Fsp3) is 1.00. The predicted molar refractivity (Wildman–Crippen MR) is 24.0 cm³/mol. The second-order valence-electron chi connectivity index (χ2n) is 0.854. The summed E-state index contributed by atoms with van der Waals surface area (Å²) in [6, 6.07) is 0. The zero-order valence-electron chi connectivity index (χ0n) is 4.88. The molecule has 0 rings (SSSR count). The number of hydrogen-bond donors (Lipinski definition) is 2. The van der Waals surface area contributed by atoms with Gasteiger partial charge in [0.15, 0.2) is 0 Å². The van der Waals surface area contributed by atoms with Crippen LogP contribution in [0.4, 0.5) is 0 Å². The molecule has 4 heteroatoms. The summed E-state index contributed by atoms with van der Waals surface area (Å²) in [5, 5.41) is 0. The van der Waals surface area contributed by atoms with Gasteiger partial charge < -0.3 is 59.8 Å². The van der Waals surface area contributed by atoms with Crippen LogP contribution >= 0.6 is 0 Å². The minimum Gasteiger partial charge on any atom is -1.00 e. The topological polar surface area (TPSA) is 64.1 Å². The summed E-state index contributed by atoms with van der Waals surface area (Å²) in [7, 11) is 0. The summed E-state index contributed by atoms with van der Waals surface area (Å²) in [4.78, 5) is 0. The Morgan fingerprint density at radius 3 is 1.43 bits per heavy atom. The Bertz CT molecular complexity index is 12.9. The second kappa shape index (κ2) is 26.3. The summed E-state index contributed by atoms with van der Waals surface area (Å²) in [5.41, 5.74) is 3.60. The van der Waals surface area contributed by atoms with Crippen molar-refractivity contribution in [2.24, 2.45) is 0 Å². The van der Waals surface area contributed by atoms with E-state index in [1.165, 1.54) is 6.42 Å². The van der Waals surface area contributed by atoms with Crippen LogP contribution in [-0.4, -0.2) is 6.54 Å². The van der Waals surface area contributed by atoms with Crippen molar-refractivity contribution < 1.29 is 53.7 Å². The van der Waals surface area contributed by atoms with E-state index in [4.69, 9.17) is 0 Å². The van der Waals surface area contributed by atoms with Crippen LogP contribution in [0.5, 0.6) is 0 Å². The second-order valence-corrected chi connectivity index (χ2v) is 0.854. The molecule has 2 nitrogen and oxygen atoms in total. The fourth-order valence-electron chi connectivity index (χ4n) is 0. The third-order valence-corrected chi connectivity index (χ3v) is 0.354. The predicted octanol–water partition coefficient (Wildman–Crippen LogP) is -5.98. The van der Waals surface area contributed by atoms with E-state index in [1.54, 1.807) is 0 Å². The minimum absolute atomic E-state index is 0. The highest BCUT2D eigenvalue weighted by Crippen LogP contribution is 1.54. The maximum absolute atomic E-state index is 3.60. The first-order valence-corrected chi connectivity index (χ1v) is 1.71. The molecule has 0 saturated heterocycles. The lowest BCUT2D eigenvalue weighted by Crippen LogP contribution is -3.00. The third kappa shape index (κ3) is 37.7. The summed E-state index contributed by atoms with van der Waals surface area (Å²) < 4.78 is 0. The van der Waals surface area contributed by atoms with Gasteiger partial charge in [-0.15, -0.1) is 0 Å². The summed E-state index contributed by atoms with van der Waals surface area (Å²) in [5.74, 6) is 0. The average molecular weight is 332 g/mol. The molecule has 0 heterocycles. The van der Waals surface area contributed by atoms with Crippen LogP contribution < -0.4 is 59.8 Å². The van der Waals surface area contributed by atoms with Crippen LogP contribution in [0, 0.1) is 0 Å². The zero-order chi connectivity index (χ0) is 3.41. The number of quaternary nitrogens is 2.